The Kier molecular flexibility index (Phi) is 3.82. The normalized spacial score (nSPS) is 11.3. The van der Waals surface area contributed by atoms with Gasteiger partial charge in [0.2, 0.25) is 0 Å². The van der Waals surface area contributed by atoms with Gasteiger partial charge in [0.15, 0.2) is 0 Å². The number of hydrogen-bond acceptors (Lipinski definition) is 3. The van der Waals surface area contributed by atoms with Crippen molar-refractivity contribution >= 4 is 33.0 Å². The number of anilines is 2. The number of sulfonamides is 1. The third-order valence-electron chi connectivity index (χ3n) is 2.47. The maximum absolute atomic E-state index is 13.3. The molecule has 3 N–H and O–H groups in total. The van der Waals surface area contributed by atoms with E-state index in [-0.39, 0.29) is 10.7 Å². The summed E-state index contributed by atoms with van der Waals surface area (Å²) >= 11 is 5.55. The second-order valence-corrected chi connectivity index (χ2v) is 5.94. The van der Waals surface area contributed by atoms with E-state index in [4.69, 9.17) is 17.3 Å². The van der Waals surface area contributed by atoms with Crippen molar-refractivity contribution in [1.29, 1.82) is 0 Å². The summed E-state index contributed by atoms with van der Waals surface area (Å²) in [6, 6.07) is 6.72. The summed E-state index contributed by atoms with van der Waals surface area (Å²) in [6.45, 7) is 0. The van der Waals surface area contributed by atoms with Gasteiger partial charge in [0.25, 0.3) is 10.0 Å². The van der Waals surface area contributed by atoms with E-state index in [2.05, 4.69) is 4.72 Å². The van der Waals surface area contributed by atoms with Crippen LogP contribution in [0.5, 0.6) is 0 Å². The molecule has 0 bridgehead atoms. The molecule has 20 heavy (non-hydrogen) atoms. The fourth-order valence-corrected chi connectivity index (χ4v) is 2.89. The number of benzene rings is 2. The van der Waals surface area contributed by atoms with Crippen LogP contribution in [0.3, 0.4) is 0 Å². The van der Waals surface area contributed by atoms with Crippen molar-refractivity contribution in [3.63, 3.8) is 0 Å². The molecule has 8 heteroatoms. The topological polar surface area (TPSA) is 72.2 Å². The number of nitrogens with one attached hydrogen (secondary N) is 1. The summed E-state index contributed by atoms with van der Waals surface area (Å²) in [5.41, 5.74) is 4.95. The van der Waals surface area contributed by atoms with Crippen LogP contribution < -0.4 is 10.5 Å². The number of rotatable bonds is 3. The van der Waals surface area contributed by atoms with Gasteiger partial charge in [-0.3, -0.25) is 4.72 Å². The van der Waals surface area contributed by atoms with E-state index >= 15 is 0 Å². The predicted octanol–water partition coefficient (Wildman–Crippen LogP) is 3.00. The molecule has 0 aliphatic heterocycles. The molecule has 0 unspecified atom stereocenters. The Morgan fingerprint density at radius 1 is 1.10 bits per heavy atom. The third kappa shape index (κ3) is 2.83. The molecule has 2 aromatic rings. The van der Waals surface area contributed by atoms with E-state index in [9.17, 15) is 17.2 Å². The van der Waals surface area contributed by atoms with E-state index in [0.717, 1.165) is 24.3 Å². The van der Waals surface area contributed by atoms with Crippen LogP contribution in [-0.2, 0) is 10.0 Å². The van der Waals surface area contributed by atoms with Gasteiger partial charge in [-0.05, 0) is 30.3 Å². The van der Waals surface area contributed by atoms with Crippen molar-refractivity contribution in [3.05, 3.63) is 53.1 Å². The minimum Gasteiger partial charge on any atom is -0.395 e. The van der Waals surface area contributed by atoms with Crippen molar-refractivity contribution < 1.29 is 17.2 Å². The Labute approximate surface area is 119 Å². The quantitative estimate of drug-likeness (QED) is 0.854. The highest BCUT2D eigenvalue weighted by atomic mass is 35.5. The van der Waals surface area contributed by atoms with Crippen LogP contribution in [0.1, 0.15) is 0 Å². The smallest absolute Gasteiger partial charge is 0.264 e. The van der Waals surface area contributed by atoms with Gasteiger partial charge in [-0.1, -0.05) is 17.7 Å². The van der Waals surface area contributed by atoms with Gasteiger partial charge in [-0.25, -0.2) is 17.2 Å². The third-order valence-corrected chi connectivity index (χ3v) is 4.20. The maximum atomic E-state index is 13.3. The second kappa shape index (κ2) is 5.26. The molecule has 0 aromatic heterocycles. The van der Waals surface area contributed by atoms with Crippen LogP contribution in [-0.4, -0.2) is 8.42 Å². The predicted molar refractivity (Wildman–Crippen MR) is 73.0 cm³/mol. The Balaban J connectivity index is 2.41. The fraction of sp³-hybridized carbons (Fsp3) is 0. The molecule has 0 amide bonds. The van der Waals surface area contributed by atoms with Crippen molar-refractivity contribution in [3.8, 4) is 0 Å². The van der Waals surface area contributed by atoms with Gasteiger partial charge in [-0.15, -0.1) is 0 Å². The number of nitrogens with two attached hydrogens (primary N) is 1. The van der Waals surface area contributed by atoms with Gasteiger partial charge >= 0.3 is 0 Å². The molecule has 0 heterocycles. The number of para-hydroxylation sites is 1. The zero-order chi connectivity index (χ0) is 14.9. The lowest BCUT2D eigenvalue weighted by molar-refractivity contribution is 0.597. The van der Waals surface area contributed by atoms with E-state index in [1.807, 2.05) is 0 Å². The van der Waals surface area contributed by atoms with Crippen LogP contribution in [0.25, 0.3) is 0 Å². The molecule has 4 nitrogen and oxygen atoms in total. The molecule has 0 atom stereocenters. The Bertz CT molecular complexity index is 766. The Morgan fingerprint density at radius 3 is 2.45 bits per heavy atom. The average molecular weight is 319 g/mol. The molecule has 0 radical (unpaired) electrons. The SMILES string of the molecule is Nc1c(F)cccc1S(=O)(=O)Nc1ccc(F)c(Cl)c1. The summed E-state index contributed by atoms with van der Waals surface area (Å²) in [4.78, 5) is -0.405. The molecule has 0 aliphatic carbocycles. The minimum atomic E-state index is -4.09. The molecule has 0 saturated heterocycles. The molecule has 0 spiro atoms. The Morgan fingerprint density at radius 2 is 1.80 bits per heavy atom. The van der Waals surface area contributed by atoms with Gasteiger partial charge in [0, 0.05) is 0 Å². The maximum Gasteiger partial charge on any atom is 0.264 e. The molecular formula is C12H9ClF2N2O2S. The summed E-state index contributed by atoms with van der Waals surface area (Å²) in [7, 11) is -4.09. The van der Waals surface area contributed by atoms with Gasteiger partial charge < -0.3 is 5.73 Å². The fourth-order valence-electron chi connectivity index (χ4n) is 1.52. The highest BCUT2D eigenvalue weighted by molar-refractivity contribution is 7.92. The van der Waals surface area contributed by atoms with Crippen LogP contribution >= 0.6 is 11.6 Å². The molecule has 0 fully saturated rings. The van der Waals surface area contributed by atoms with E-state index < -0.39 is 32.2 Å². The van der Waals surface area contributed by atoms with Crippen LogP contribution in [0.15, 0.2) is 41.3 Å². The molecule has 2 aromatic carbocycles. The summed E-state index contributed by atoms with van der Waals surface area (Å²) in [6.07, 6.45) is 0. The van der Waals surface area contributed by atoms with Crippen molar-refractivity contribution in [2.45, 2.75) is 4.90 Å². The van der Waals surface area contributed by atoms with Crippen molar-refractivity contribution in [1.82, 2.24) is 0 Å². The molecular weight excluding hydrogens is 310 g/mol. The van der Waals surface area contributed by atoms with Crippen molar-refractivity contribution in [2.24, 2.45) is 0 Å². The first-order valence-electron chi connectivity index (χ1n) is 5.33. The highest BCUT2D eigenvalue weighted by Gasteiger charge is 2.19. The lowest BCUT2D eigenvalue weighted by atomic mass is 10.3. The monoisotopic (exact) mass is 318 g/mol. The molecule has 0 saturated carbocycles. The van der Waals surface area contributed by atoms with Crippen LogP contribution in [0.2, 0.25) is 5.02 Å². The first-order chi connectivity index (χ1) is 9.31. The summed E-state index contributed by atoms with van der Waals surface area (Å²) in [5, 5.41) is -0.239. The largest absolute Gasteiger partial charge is 0.395 e. The first kappa shape index (κ1) is 14.5. The van der Waals surface area contributed by atoms with E-state index in [1.54, 1.807) is 0 Å². The van der Waals surface area contributed by atoms with Crippen LogP contribution in [0, 0.1) is 11.6 Å². The highest BCUT2D eigenvalue weighted by Crippen LogP contribution is 2.25. The Hall–Kier alpha value is -1.86. The molecule has 0 aliphatic rings. The lowest BCUT2D eigenvalue weighted by Crippen LogP contribution is -2.15. The van der Waals surface area contributed by atoms with Gasteiger partial charge in [0.05, 0.1) is 16.4 Å². The lowest BCUT2D eigenvalue weighted by Gasteiger charge is -2.10. The number of nitrogen functional groups attached to an aromatic ring is 1. The van der Waals surface area contributed by atoms with Crippen molar-refractivity contribution in [2.75, 3.05) is 10.5 Å². The number of hydrogen-bond donors (Lipinski definition) is 2. The molecule has 2 rings (SSSR count). The second-order valence-electron chi connectivity index (χ2n) is 3.89. The van der Waals surface area contributed by atoms with E-state index in [0.29, 0.717) is 0 Å². The zero-order valence-corrected chi connectivity index (χ0v) is 11.5. The standard InChI is InChI=1S/C12H9ClF2N2O2S/c13-8-6-7(4-5-9(8)14)17-20(18,19)11-3-1-2-10(15)12(11)16/h1-6,17H,16H2. The number of halogens is 3. The summed E-state index contributed by atoms with van der Waals surface area (Å²) < 4.78 is 52.6. The summed E-state index contributed by atoms with van der Waals surface area (Å²) in [5.74, 6) is -1.52. The van der Waals surface area contributed by atoms with E-state index in [1.165, 1.54) is 12.1 Å². The first-order valence-corrected chi connectivity index (χ1v) is 7.19. The zero-order valence-electron chi connectivity index (χ0n) is 9.90. The molecule has 106 valence electrons. The van der Waals surface area contributed by atoms with Gasteiger partial charge in [-0.2, -0.15) is 0 Å². The van der Waals surface area contributed by atoms with Gasteiger partial charge in [0.1, 0.15) is 16.5 Å². The van der Waals surface area contributed by atoms with Crippen LogP contribution in [0.4, 0.5) is 20.2 Å². The average Bonchev–Trinajstić information content (AvgIpc) is 2.36. The minimum absolute atomic E-state index is 0.0417.